The van der Waals surface area contributed by atoms with Gasteiger partial charge in [0, 0.05) is 26.1 Å². The van der Waals surface area contributed by atoms with Gasteiger partial charge in [0.05, 0.1) is 36.9 Å². The lowest BCUT2D eigenvalue weighted by molar-refractivity contribution is -0.165. The van der Waals surface area contributed by atoms with Crippen molar-refractivity contribution in [1.29, 1.82) is 0 Å². The van der Waals surface area contributed by atoms with Crippen molar-refractivity contribution in [2.24, 2.45) is 11.8 Å². The van der Waals surface area contributed by atoms with Crippen LogP contribution in [0, 0.1) is 11.8 Å². The van der Waals surface area contributed by atoms with Crippen molar-refractivity contribution in [3.8, 4) is 0 Å². The average Bonchev–Trinajstić information content (AvgIpc) is 3.10. The zero-order valence-corrected chi connectivity index (χ0v) is 29.5. The maximum absolute atomic E-state index is 12.9. The molecule has 0 amide bonds. The van der Waals surface area contributed by atoms with Crippen molar-refractivity contribution in [3.05, 3.63) is 12.8 Å². The molecule has 0 N–H and O–H groups in total. The lowest BCUT2D eigenvalue weighted by Crippen LogP contribution is -2.35. The van der Waals surface area contributed by atoms with Crippen LogP contribution < -0.4 is 0 Å². The fraction of sp³-hybridized carbons (Fsp3) is 0.842. The van der Waals surface area contributed by atoms with Crippen LogP contribution in [0.2, 0.25) is 0 Å². The van der Waals surface area contributed by atoms with Crippen molar-refractivity contribution in [2.45, 2.75) is 173 Å². The Morgan fingerprint density at radius 2 is 0.958 bits per heavy atom. The molecule has 3 fully saturated rings. The number of esters is 4. The third-order valence-electron chi connectivity index (χ3n) is 9.99. The van der Waals surface area contributed by atoms with Crippen LogP contribution in [0.25, 0.3) is 0 Å². The number of hydrogen-bond acceptors (Lipinski definition) is 10. The third-order valence-corrected chi connectivity index (χ3v) is 9.99. The maximum atomic E-state index is 12.9. The molecule has 10 nitrogen and oxygen atoms in total. The Balaban J connectivity index is 1.16. The molecule has 0 heterocycles. The first-order valence-electron chi connectivity index (χ1n) is 19.0. The van der Waals surface area contributed by atoms with Gasteiger partial charge in [-0.25, -0.2) is 0 Å². The Morgan fingerprint density at radius 3 is 1.40 bits per heavy atom. The number of rotatable bonds is 22. The molecular weight excluding hydrogens is 616 g/mol. The van der Waals surface area contributed by atoms with Gasteiger partial charge in [-0.2, -0.15) is 0 Å². The van der Waals surface area contributed by atoms with Gasteiger partial charge in [0.25, 0.3) is 0 Å². The van der Waals surface area contributed by atoms with Crippen molar-refractivity contribution >= 4 is 23.9 Å². The minimum Gasteiger partial charge on any atom is -0.466 e. The Bertz CT molecular complexity index is 943. The van der Waals surface area contributed by atoms with Crippen molar-refractivity contribution < 1.29 is 47.6 Å². The fourth-order valence-corrected chi connectivity index (χ4v) is 6.94. The summed E-state index contributed by atoms with van der Waals surface area (Å²) < 4.78 is 33.7. The maximum Gasteiger partial charge on any atom is 0.310 e. The molecule has 0 bridgehead atoms. The van der Waals surface area contributed by atoms with Crippen molar-refractivity contribution in [2.75, 3.05) is 19.8 Å². The van der Waals surface area contributed by atoms with Gasteiger partial charge < -0.3 is 28.4 Å². The summed E-state index contributed by atoms with van der Waals surface area (Å²) in [7, 11) is 0. The van der Waals surface area contributed by atoms with E-state index in [0.717, 1.165) is 135 Å². The standard InChI is InChI=1S/C38H62O10/c1-3-35(39)46-28-12-8-7-11-27-45-32-20-16-30(17-21-32)38(42)48-34-24-22-33(23-25-34)47-37(41)29-14-18-31(19-15-29)44-26-10-6-5-9-13-36(40)43-4-2/h4,29-34H,2-3,5-28H2,1H3. The summed E-state index contributed by atoms with van der Waals surface area (Å²) in [6.07, 6.45) is 19.7. The highest BCUT2D eigenvalue weighted by molar-refractivity contribution is 5.73. The van der Waals surface area contributed by atoms with E-state index in [1.807, 2.05) is 0 Å². The number of unbranched alkanes of at least 4 members (excludes halogenated alkanes) is 6. The Kier molecular flexibility index (Phi) is 19.8. The monoisotopic (exact) mass is 678 g/mol. The highest BCUT2D eigenvalue weighted by atomic mass is 16.6. The molecule has 0 aromatic rings. The quantitative estimate of drug-likeness (QED) is 0.0487. The molecule has 0 radical (unpaired) electrons. The van der Waals surface area contributed by atoms with Crippen LogP contribution in [0.15, 0.2) is 12.8 Å². The molecule has 0 saturated heterocycles. The van der Waals surface area contributed by atoms with E-state index < -0.39 is 0 Å². The van der Waals surface area contributed by atoms with E-state index in [0.29, 0.717) is 26.1 Å². The number of hydrogen-bond donors (Lipinski definition) is 0. The molecule has 3 aliphatic rings. The number of ether oxygens (including phenoxy) is 6. The summed E-state index contributed by atoms with van der Waals surface area (Å²) in [5.74, 6) is -0.641. The SMILES string of the molecule is C=COC(=O)CCCCCCOC1CCC(C(=O)OC2CCC(OC(=O)C3CCC(OCCCCCCOC(=O)CC)CC3)CC2)CC1. The number of carbonyl (C=O) groups is 4. The first-order valence-corrected chi connectivity index (χ1v) is 19.0. The van der Waals surface area contributed by atoms with Gasteiger partial charge in [-0.3, -0.25) is 19.2 Å². The predicted octanol–water partition coefficient (Wildman–Crippen LogP) is 7.69. The first kappa shape index (κ1) is 40.0. The van der Waals surface area contributed by atoms with Gasteiger partial charge in [-0.1, -0.05) is 32.8 Å². The second kappa shape index (κ2) is 23.8. The van der Waals surface area contributed by atoms with Crippen LogP contribution in [0.5, 0.6) is 0 Å². The third kappa shape index (κ3) is 16.3. The van der Waals surface area contributed by atoms with Gasteiger partial charge in [0.1, 0.15) is 12.2 Å². The highest BCUT2D eigenvalue weighted by Gasteiger charge is 2.33. The van der Waals surface area contributed by atoms with E-state index >= 15 is 0 Å². The van der Waals surface area contributed by atoms with Crippen LogP contribution in [0.3, 0.4) is 0 Å². The summed E-state index contributed by atoms with van der Waals surface area (Å²) >= 11 is 0. The molecule has 3 aliphatic carbocycles. The molecule has 274 valence electrons. The Hall–Kier alpha value is -2.46. The zero-order valence-electron chi connectivity index (χ0n) is 29.5. The second-order valence-electron chi connectivity index (χ2n) is 13.8. The largest absolute Gasteiger partial charge is 0.466 e. The van der Waals surface area contributed by atoms with Crippen molar-refractivity contribution in [3.63, 3.8) is 0 Å². The molecule has 0 unspecified atom stereocenters. The molecule has 0 aromatic heterocycles. The van der Waals surface area contributed by atoms with Crippen LogP contribution >= 0.6 is 0 Å². The van der Waals surface area contributed by atoms with E-state index in [-0.39, 0.29) is 60.1 Å². The zero-order chi connectivity index (χ0) is 34.4. The predicted molar refractivity (Wildman–Crippen MR) is 181 cm³/mol. The minimum absolute atomic E-state index is 0.0507. The second-order valence-corrected chi connectivity index (χ2v) is 13.8. The molecule has 0 spiro atoms. The van der Waals surface area contributed by atoms with E-state index in [9.17, 15) is 19.2 Å². The smallest absolute Gasteiger partial charge is 0.310 e. The molecule has 3 saturated carbocycles. The van der Waals surface area contributed by atoms with Gasteiger partial charge in [-0.15, -0.1) is 0 Å². The molecular formula is C38H62O10. The molecule has 0 atom stereocenters. The Morgan fingerprint density at radius 1 is 0.542 bits per heavy atom. The minimum atomic E-state index is -0.231. The topological polar surface area (TPSA) is 124 Å². The highest BCUT2D eigenvalue weighted by Crippen LogP contribution is 2.32. The lowest BCUT2D eigenvalue weighted by Gasteiger charge is -2.32. The summed E-state index contributed by atoms with van der Waals surface area (Å²) in [5.41, 5.74) is 0. The molecule has 3 rings (SSSR count). The number of carbonyl (C=O) groups excluding carboxylic acids is 4. The van der Waals surface area contributed by atoms with E-state index in [2.05, 4.69) is 6.58 Å². The van der Waals surface area contributed by atoms with Gasteiger partial charge in [0.15, 0.2) is 0 Å². The lowest BCUT2D eigenvalue weighted by atomic mass is 9.87. The van der Waals surface area contributed by atoms with E-state index in [1.165, 1.54) is 6.26 Å². The Labute approximate surface area is 288 Å². The normalized spacial score (nSPS) is 25.9. The van der Waals surface area contributed by atoms with Crippen LogP contribution in [-0.2, 0) is 47.6 Å². The molecule has 48 heavy (non-hydrogen) atoms. The van der Waals surface area contributed by atoms with E-state index in [4.69, 9.17) is 28.4 Å². The van der Waals surface area contributed by atoms with Gasteiger partial charge in [0.2, 0.25) is 0 Å². The first-order chi connectivity index (χ1) is 23.4. The van der Waals surface area contributed by atoms with Crippen LogP contribution in [0.1, 0.15) is 148 Å². The van der Waals surface area contributed by atoms with Crippen LogP contribution in [0.4, 0.5) is 0 Å². The van der Waals surface area contributed by atoms with Gasteiger partial charge in [-0.05, 0) is 109 Å². The average molecular weight is 679 g/mol. The van der Waals surface area contributed by atoms with Crippen molar-refractivity contribution in [1.82, 2.24) is 0 Å². The summed E-state index contributed by atoms with van der Waals surface area (Å²) in [6, 6.07) is 0. The molecule has 0 aromatic carbocycles. The molecule has 10 heteroatoms. The fourth-order valence-electron chi connectivity index (χ4n) is 6.94. The van der Waals surface area contributed by atoms with Gasteiger partial charge >= 0.3 is 23.9 Å². The van der Waals surface area contributed by atoms with E-state index in [1.54, 1.807) is 6.92 Å². The molecule has 0 aliphatic heterocycles. The summed E-state index contributed by atoms with van der Waals surface area (Å²) in [4.78, 5) is 48.2. The summed E-state index contributed by atoms with van der Waals surface area (Å²) in [5, 5.41) is 0. The van der Waals surface area contributed by atoms with Crippen LogP contribution in [-0.4, -0.2) is 68.1 Å². The summed E-state index contributed by atoms with van der Waals surface area (Å²) in [6.45, 7) is 7.14.